The summed E-state index contributed by atoms with van der Waals surface area (Å²) in [7, 11) is 1.65. The Bertz CT molecular complexity index is 419. The Morgan fingerprint density at radius 1 is 1.56 bits per heavy atom. The predicted molar refractivity (Wildman–Crippen MR) is 67.6 cm³/mol. The summed E-state index contributed by atoms with van der Waals surface area (Å²) in [6.07, 6.45) is 2.84. The molecule has 1 aromatic heterocycles. The van der Waals surface area contributed by atoms with E-state index < -0.39 is 0 Å². The summed E-state index contributed by atoms with van der Waals surface area (Å²) in [5, 5.41) is 0. The maximum atomic E-state index is 5.95. The van der Waals surface area contributed by atoms with Crippen LogP contribution in [0.5, 0.6) is 5.88 Å². The minimum absolute atomic E-state index is 0.0229. The van der Waals surface area contributed by atoms with E-state index in [9.17, 15) is 0 Å². The van der Waals surface area contributed by atoms with Gasteiger partial charge in [0.1, 0.15) is 0 Å². The van der Waals surface area contributed by atoms with E-state index in [1.807, 2.05) is 0 Å². The summed E-state index contributed by atoms with van der Waals surface area (Å²) in [5.74, 6) is 0.694. The third kappa shape index (κ3) is 1.55. The molecule has 1 saturated carbocycles. The number of aromatic nitrogens is 1. The molecule has 2 rings (SSSR count). The van der Waals surface area contributed by atoms with Crippen molar-refractivity contribution >= 4 is 15.9 Å². The van der Waals surface area contributed by atoms with E-state index in [-0.39, 0.29) is 10.8 Å². The first-order chi connectivity index (χ1) is 7.47. The van der Waals surface area contributed by atoms with Crippen LogP contribution in [-0.2, 0) is 5.41 Å². The Hall–Kier alpha value is -0.610. The van der Waals surface area contributed by atoms with Gasteiger partial charge in [-0.05, 0) is 33.8 Å². The zero-order chi connectivity index (χ0) is 12.0. The van der Waals surface area contributed by atoms with E-state index in [0.717, 1.165) is 16.5 Å². The van der Waals surface area contributed by atoms with Crippen molar-refractivity contribution in [1.29, 1.82) is 0 Å². The number of ether oxygens (including phenoxy) is 1. The van der Waals surface area contributed by atoms with Crippen molar-refractivity contribution in [2.75, 3.05) is 13.7 Å². The molecule has 1 aromatic rings. The monoisotopic (exact) mass is 284 g/mol. The molecule has 1 aliphatic rings. The maximum Gasteiger partial charge on any atom is 0.216 e. The molecule has 0 bridgehead atoms. The van der Waals surface area contributed by atoms with E-state index in [4.69, 9.17) is 10.5 Å². The summed E-state index contributed by atoms with van der Waals surface area (Å²) in [5.41, 5.74) is 7.33. The number of hydrogen-bond donors (Lipinski definition) is 1. The van der Waals surface area contributed by atoms with Crippen molar-refractivity contribution in [3.8, 4) is 5.88 Å². The summed E-state index contributed by atoms with van der Waals surface area (Å²) >= 11 is 3.45. The van der Waals surface area contributed by atoms with Crippen LogP contribution in [0.3, 0.4) is 0 Å². The normalized spacial score (nSPS) is 26.6. The third-order valence-corrected chi connectivity index (χ3v) is 4.22. The molecule has 0 radical (unpaired) electrons. The second kappa shape index (κ2) is 3.70. The highest BCUT2D eigenvalue weighted by molar-refractivity contribution is 9.10. The van der Waals surface area contributed by atoms with Gasteiger partial charge in [-0.2, -0.15) is 0 Å². The highest BCUT2D eigenvalue weighted by atomic mass is 79.9. The Labute approximate surface area is 105 Å². The van der Waals surface area contributed by atoms with Crippen molar-refractivity contribution in [1.82, 2.24) is 4.98 Å². The van der Waals surface area contributed by atoms with Crippen LogP contribution in [-0.4, -0.2) is 18.6 Å². The molecular formula is C12H17BrN2O. The molecule has 1 unspecified atom stereocenters. The average molecular weight is 285 g/mol. The van der Waals surface area contributed by atoms with Crippen LogP contribution in [0.1, 0.15) is 25.8 Å². The topological polar surface area (TPSA) is 48.1 Å². The molecule has 0 aromatic carbocycles. The molecule has 0 amide bonds. The molecule has 0 saturated heterocycles. The van der Waals surface area contributed by atoms with E-state index in [1.54, 1.807) is 13.3 Å². The molecule has 0 aliphatic heterocycles. The second-order valence-electron chi connectivity index (χ2n) is 5.06. The van der Waals surface area contributed by atoms with E-state index >= 15 is 0 Å². The Balaban J connectivity index is 2.51. The molecule has 88 valence electrons. The average Bonchev–Trinajstić information content (AvgIpc) is 2.82. The highest BCUT2D eigenvalue weighted by Gasteiger charge is 2.62. The number of pyridine rings is 1. The van der Waals surface area contributed by atoms with Gasteiger partial charge in [0.05, 0.1) is 7.11 Å². The van der Waals surface area contributed by atoms with Crippen LogP contribution in [0.15, 0.2) is 16.7 Å². The molecule has 1 atom stereocenters. The standard InChI is InChI=1S/C12H17BrN2O/c1-11(2)6-12(11,7-14)9-4-8(13)5-15-10(9)16-3/h4-5H,6-7,14H2,1-3H3. The molecule has 1 heterocycles. The van der Waals surface area contributed by atoms with Gasteiger partial charge in [0.15, 0.2) is 0 Å². The number of methoxy groups -OCH3 is 1. The first-order valence-corrected chi connectivity index (χ1v) is 6.16. The minimum atomic E-state index is 0.0229. The number of nitrogens with two attached hydrogens (primary N) is 1. The molecule has 4 heteroatoms. The lowest BCUT2D eigenvalue weighted by Crippen LogP contribution is -2.26. The number of nitrogens with zero attached hydrogens (tertiary/aromatic N) is 1. The first-order valence-electron chi connectivity index (χ1n) is 5.37. The summed E-state index contributed by atoms with van der Waals surface area (Å²) in [6.45, 7) is 5.11. The van der Waals surface area contributed by atoms with Crippen LogP contribution in [0.25, 0.3) is 0 Å². The molecule has 16 heavy (non-hydrogen) atoms. The lowest BCUT2D eigenvalue weighted by Gasteiger charge is -2.21. The highest BCUT2D eigenvalue weighted by Crippen LogP contribution is 2.65. The quantitative estimate of drug-likeness (QED) is 0.928. The van der Waals surface area contributed by atoms with Gasteiger partial charge in [-0.25, -0.2) is 4.98 Å². The van der Waals surface area contributed by atoms with Crippen LogP contribution >= 0.6 is 15.9 Å². The van der Waals surface area contributed by atoms with E-state index in [2.05, 4.69) is 40.8 Å². The lowest BCUT2D eigenvalue weighted by molar-refractivity contribution is 0.378. The Morgan fingerprint density at radius 2 is 2.19 bits per heavy atom. The molecule has 1 fully saturated rings. The van der Waals surface area contributed by atoms with Gasteiger partial charge in [-0.3, -0.25) is 0 Å². The van der Waals surface area contributed by atoms with Gasteiger partial charge in [-0.15, -0.1) is 0 Å². The zero-order valence-corrected chi connectivity index (χ0v) is 11.5. The van der Waals surface area contributed by atoms with Gasteiger partial charge >= 0.3 is 0 Å². The van der Waals surface area contributed by atoms with Gasteiger partial charge in [0, 0.05) is 28.2 Å². The van der Waals surface area contributed by atoms with Crippen LogP contribution in [0.2, 0.25) is 0 Å². The van der Waals surface area contributed by atoms with Crippen LogP contribution in [0.4, 0.5) is 0 Å². The molecule has 3 nitrogen and oxygen atoms in total. The maximum absolute atomic E-state index is 5.95. The zero-order valence-electron chi connectivity index (χ0n) is 9.88. The summed E-state index contributed by atoms with van der Waals surface area (Å²) < 4.78 is 6.31. The van der Waals surface area contributed by atoms with Gasteiger partial charge in [0.2, 0.25) is 5.88 Å². The van der Waals surface area contributed by atoms with Gasteiger partial charge < -0.3 is 10.5 Å². The minimum Gasteiger partial charge on any atom is -0.481 e. The van der Waals surface area contributed by atoms with Crippen molar-refractivity contribution in [2.24, 2.45) is 11.1 Å². The molecule has 0 spiro atoms. The van der Waals surface area contributed by atoms with Gasteiger partial charge in [-0.1, -0.05) is 13.8 Å². The van der Waals surface area contributed by atoms with Crippen molar-refractivity contribution in [2.45, 2.75) is 25.7 Å². The fraction of sp³-hybridized carbons (Fsp3) is 0.583. The van der Waals surface area contributed by atoms with E-state index in [0.29, 0.717) is 12.4 Å². The van der Waals surface area contributed by atoms with Crippen LogP contribution < -0.4 is 10.5 Å². The van der Waals surface area contributed by atoms with Crippen molar-refractivity contribution < 1.29 is 4.74 Å². The predicted octanol–water partition coefficient (Wildman–Crippen LogP) is 2.48. The first kappa shape index (κ1) is 11.9. The Morgan fingerprint density at radius 3 is 2.62 bits per heavy atom. The fourth-order valence-electron chi connectivity index (χ4n) is 2.56. The fourth-order valence-corrected chi connectivity index (χ4v) is 2.89. The third-order valence-electron chi connectivity index (χ3n) is 3.79. The largest absolute Gasteiger partial charge is 0.481 e. The number of rotatable bonds is 3. The SMILES string of the molecule is COc1ncc(Br)cc1C1(CN)CC1(C)C. The smallest absolute Gasteiger partial charge is 0.216 e. The summed E-state index contributed by atoms with van der Waals surface area (Å²) in [6, 6.07) is 2.08. The van der Waals surface area contributed by atoms with Crippen molar-refractivity contribution in [3.05, 3.63) is 22.3 Å². The second-order valence-corrected chi connectivity index (χ2v) is 5.97. The van der Waals surface area contributed by atoms with E-state index in [1.165, 1.54) is 0 Å². The lowest BCUT2D eigenvalue weighted by atomic mass is 9.88. The van der Waals surface area contributed by atoms with Crippen LogP contribution in [0, 0.1) is 5.41 Å². The Kier molecular flexibility index (Phi) is 2.75. The van der Waals surface area contributed by atoms with Gasteiger partial charge in [0.25, 0.3) is 0 Å². The van der Waals surface area contributed by atoms with Crippen molar-refractivity contribution in [3.63, 3.8) is 0 Å². The summed E-state index contributed by atoms with van der Waals surface area (Å²) in [4.78, 5) is 4.29. The molecule has 2 N–H and O–H groups in total. The number of hydrogen-bond acceptors (Lipinski definition) is 3. The molecular weight excluding hydrogens is 268 g/mol. The molecule has 1 aliphatic carbocycles. The number of halogens is 1.